The molecule has 0 saturated carbocycles. The van der Waals surface area contributed by atoms with Crippen LogP contribution in [0.25, 0.3) is 21.9 Å². The molecule has 0 radical (unpaired) electrons. The van der Waals surface area contributed by atoms with E-state index < -0.39 is 0 Å². The lowest BCUT2D eigenvalue weighted by molar-refractivity contribution is 0.318. The summed E-state index contributed by atoms with van der Waals surface area (Å²) >= 11 is 0. The van der Waals surface area contributed by atoms with Gasteiger partial charge in [-0.3, -0.25) is 0 Å². The molecule has 4 aromatic carbocycles. The highest BCUT2D eigenvalue weighted by Gasteiger charge is 1.99. The number of fused-ring (bicyclic) bond motifs is 1. The molecule has 0 spiro atoms. The summed E-state index contributed by atoms with van der Waals surface area (Å²) in [7, 11) is 0. The first-order valence-corrected chi connectivity index (χ1v) is 10.1. The van der Waals surface area contributed by atoms with Gasteiger partial charge in [-0.05, 0) is 71.6 Å². The maximum absolute atomic E-state index is 5.72. The molecule has 0 N–H and O–H groups in total. The smallest absolute Gasteiger partial charge is 0.119 e. The van der Waals surface area contributed by atoms with Gasteiger partial charge in [0, 0.05) is 11.1 Å². The lowest BCUT2D eigenvalue weighted by atomic mass is 10.0. The molecule has 0 aliphatic rings. The molecule has 0 aliphatic carbocycles. The molecule has 0 fully saturated rings. The molecule has 1 heteroatoms. The van der Waals surface area contributed by atoms with Crippen LogP contribution in [-0.4, -0.2) is 6.61 Å². The van der Waals surface area contributed by atoms with E-state index in [1.807, 2.05) is 6.07 Å². The van der Waals surface area contributed by atoms with Gasteiger partial charge in [-0.1, -0.05) is 72.9 Å². The first-order valence-electron chi connectivity index (χ1n) is 10.1. The van der Waals surface area contributed by atoms with E-state index in [1.165, 1.54) is 27.5 Å². The highest BCUT2D eigenvalue weighted by atomic mass is 16.5. The Hall–Kier alpha value is -3.50. The van der Waals surface area contributed by atoms with Crippen LogP contribution in [0.3, 0.4) is 0 Å². The second kappa shape index (κ2) is 8.67. The van der Waals surface area contributed by atoms with Crippen LogP contribution in [0.1, 0.15) is 30.0 Å². The monoisotopic (exact) mass is 376 g/mol. The summed E-state index contributed by atoms with van der Waals surface area (Å²) in [5.41, 5.74) is 5.75. The van der Waals surface area contributed by atoms with Crippen LogP contribution in [-0.2, 0) is 0 Å². The SMILES string of the molecule is CCCOc1ccc2cc(C#Cc3ccc(-c4ccc(C)cc4)cc3)ccc2c1. The Balaban J connectivity index is 1.52. The Labute approximate surface area is 173 Å². The van der Waals surface area contributed by atoms with Crippen LogP contribution in [0.5, 0.6) is 5.75 Å². The van der Waals surface area contributed by atoms with Gasteiger partial charge in [0.2, 0.25) is 0 Å². The Morgan fingerprint density at radius 2 is 1.24 bits per heavy atom. The fraction of sp³-hybridized carbons (Fsp3) is 0.143. The van der Waals surface area contributed by atoms with Crippen molar-refractivity contribution in [1.29, 1.82) is 0 Å². The summed E-state index contributed by atoms with van der Waals surface area (Å²) in [5, 5.41) is 2.35. The fourth-order valence-corrected chi connectivity index (χ4v) is 3.25. The van der Waals surface area contributed by atoms with E-state index in [-0.39, 0.29) is 0 Å². The predicted octanol–water partition coefficient (Wildman–Crippen LogP) is 7.00. The van der Waals surface area contributed by atoms with E-state index in [4.69, 9.17) is 4.74 Å². The lowest BCUT2D eigenvalue weighted by Crippen LogP contribution is -1.94. The largest absolute Gasteiger partial charge is 0.494 e. The van der Waals surface area contributed by atoms with Crippen molar-refractivity contribution < 1.29 is 4.74 Å². The van der Waals surface area contributed by atoms with Crippen LogP contribution >= 0.6 is 0 Å². The van der Waals surface area contributed by atoms with E-state index in [0.717, 1.165) is 29.9 Å². The van der Waals surface area contributed by atoms with Crippen LogP contribution in [0, 0.1) is 18.8 Å². The molecule has 0 unspecified atom stereocenters. The van der Waals surface area contributed by atoms with Gasteiger partial charge in [0.25, 0.3) is 0 Å². The zero-order valence-electron chi connectivity index (χ0n) is 16.9. The minimum Gasteiger partial charge on any atom is -0.494 e. The quantitative estimate of drug-likeness (QED) is 0.348. The maximum atomic E-state index is 5.72. The summed E-state index contributed by atoms with van der Waals surface area (Å²) in [6.07, 6.45) is 1.01. The molecule has 1 nitrogen and oxygen atoms in total. The first-order chi connectivity index (χ1) is 14.2. The Morgan fingerprint density at radius 3 is 1.97 bits per heavy atom. The topological polar surface area (TPSA) is 9.23 Å². The summed E-state index contributed by atoms with van der Waals surface area (Å²) in [6, 6.07) is 29.6. The van der Waals surface area contributed by atoms with Crippen LogP contribution < -0.4 is 4.74 Å². The number of hydrogen-bond acceptors (Lipinski definition) is 1. The third kappa shape index (κ3) is 4.68. The van der Waals surface area contributed by atoms with Gasteiger partial charge in [-0.15, -0.1) is 0 Å². The highest BCUT2D eigenvalue weighted by molar-refractivity contribution is 5.85. The summed E-state index contributed by atoms with van der Waals surface area (Å²) in [5.74, 6) is 7.49. The molecule has 0 atom stereocenters. The fourth-order valence-electron chi connectivity index (χ4n) is 3.25. The van der Waals surface area contributed by atoms with Crippen LogP contribution in [0.2, 0.25) is 0 Å². The van der Waals surface area contributed by atoms with E-state index in [0.29, 0.717) is 0 Å². The second-order valence-electron chi connectivity index (χ2n) is 7.27. The van der Waals surface area contributed by atoms with Crippen molar-refractivity contribution in [3.63, 3.8) is 0 Å². The van der Waals surface area contributed by atoms with Crippen molar-refractivity contribution in [2.45, 2.75) is 20.3 Å². The number of ether oxygens (including phenoxy) is 1. The number of aryl methyl sites for hydroxylation is 1. The van der Waals surface area contributed by atoms with E-state index in [9.17, 15) is 0 Å². The molecule has 0 aromatic heterocycles. The van der Waals surface area contributed by atoms with E-state index in [2.05, 4.69) is 105 Å². The predicted molar refractivity (Wildman–Crippen MR) is 122 cm³/mol. The zero-order valence-corrected chi connectivity index (χ0v) is 16.9. The van der Waals surface area contributed by atoms with Crippen molar-refractivity contribution in [3.8, 4) is 28.7 Å². The van der Waals surface area contributed by atoms with E-state index >= 15 is 0 Å². The minimum absolute atomic E-state index is 0.748. The summed E-state index contributed by atoms with van der Waals surface area (Å²) < 4.78 is 5.72. The lowest BCUT2D eigenvalue weighted by Gasteiger charge is -2.06. The van der Waals surface area contributed by atoms with Gasteiger partial charge in [0.1, 0.15) is 5.75 Å². The number of rotatable bonds is 4. The van der Waals surface area contributed by atoms with Crippen molar-refractivity contribution in [1.82, 2.24) is 0 Å². The molecule has 0 heterocycles. The molecule has 0 amide bonds. The second-order valence-corrected chi connectivity index (χ2v) is 7.27. The molecule has 4 aromatic rings. The Kier molecular flexibility index (Phi) is 5.63. The summed E-state index contributed by atoms with van der Waals surface area (Å²) in [4.78, 5) is 0. The molecule has 4 rings (SSSR count). The zero-order chi connectivity index (χ0) is 20.1. The summed E-state index contributed by atoms with van der Waals surface area (Å²) in [6.45, 7) is 4.97. The van der Waals surface area contributed by atoms with Crippen LogP contribution in [0.4, 0.5) is 0 Å². The van der Waals surface area contributed by atoms with Gasteiger partial charge in [0.15, 0.2) is 0 Å². The van der Waals surface area contributed by atoms with Gasteiger partial charge in [-0.2, -0.15) is 0 Å². The minimum atomic E-state index is 0.748. The van der Waals surface area contributed by atoms with Crippen molar-refractivity contribution in [2.24, 2.45) is 0 Å². The first kappa shape index (κ1) is 18.8. The Morgan fingerprint density at radius 1 is 0.655 bits per heavy atom. The van der Waals surface area contributed by atoms with E-state index in [1.54, 1.807) is 0 Å². The third-order valence-electron chi connectivity index (χ3n) is 4.91. The molecule has 0 saturated heterocycles. The molecular weight excluding hydrogens is 352 g/mol. The van der Waals surface area contributed by atoms with Crippen LogP contribution in [0.15, 0.2) is 84.9 Å². The normalized spacial score (nSPS) is 10.4. The van der Waals surface area contributed by atoms with Gasteiger partial charge in [-0.25, -0.2) is 0 Å². The molecule has 142 valence electrons. The standard InChI is InChI=1S/C28H24O/c1-3-18-29-28-17-16-26-19-23(10-15-27(26)20-28)7-6-22-8-13-25(14-9-22)24-11-4-21(2)5-12-24/h4-5,8-17,19-20H,3,18H2,1-2H3. The maximum Gasteiger partial charge on any atom is 0.119 e. The average molecular weight is 376 g/mol. The molecule has 0 bridgehead atoms. The van der Waals surface area contributed by atoms with Gasteiger partial charge >= 0.3 is 0 Å². The number of benzene rings is 4. The van der Waals surface area contributed by atoms with Crippen molar-refractivity contribution in [3.05, 3.63) is 102 Å². The van der Waals surface area contributed by atoms with Gasteiger partial charge < -0.3 is 4.74 Å². The van der Waals surface area contributed by atoms with Gasteiger partial charge in [0.05, 0.1) is 6.61 Å². The molecule has 29 heavy (non-hydrogen) atoms. The molecular formula is C28H24O. The third-order valence-corrected chi connectivity index (χ3v) is 4.91. The average Bonchev–Trinajstić information content (AvgIpc) is 2.77. The Bertz CT molecular complexity index is 1170. The highest BCUT2D eigenvalue weighted by Crippen LogP contribution is 2.23. The van der Waals surface area contributed by atoms with Crippen molar-refractivity contribution in [2.75, 3.05) is 6.61 Å². The van der Waals surface area contributed by atoms with Crippen molar-refractivity contribution >= 4 is 10.8 Å². The molecule has 0 aliphatic heterocycles. The number of hydrogen-bond donors (Lipinski definition) is 0.